The molecule has 4 N–H and O–H groups in total. The van der Waals surface area contributed by atoms with Gasteiger partial charge >= 0.3 is 6.61 Å². The first kappa shape index (κ1) is 14.6. The molecule has 0 spiro atoms. The summed E-state index contributed by atoms with van der Waals surface area (Å²) in [5.74, 6) is 4.65. The van der Waals surface area contributed by atoms with Gasteiger partial charge < -0.3 is 15.5 Å². The molecule has 1 aromatic carbocycles. The third-order valence-corrected chi connectivity index (χ3v) is 2.38. The molecule has 0 fully saturated rings. The van der Waals surface area contributed by atoms with Gasteiger partial charge in [0.2, 0.25) is 0 Å². The van der Waals surface area contributed by atoms with E-state index < -0.39 is 12.5 Å². The summed E-state index contributed by atoms with van der Waals surface area (Å²) in [7, 11) is 0. The van der Waals surface area contributed by atoms with Crippen LogP contribution in [0.25, 0.3) is 0 Å². The van der Waals surface area contributed by atoms with Crippen molar-refractivity contribution in [2.24, 2.45) is 5.84 Å². The molecule has 1 heterocycles. The van der Waals surface area contributed by atoms with Crippen molar-refractivity contribution in [2.45, 2.75) is 6.61 Å². The summed E-state index contributed by atoms with van der Waals surface area (Å²) in [5, 5.41) is 2.42. The Morgan fingerprint density at radius 1 is 1.24 bits per heavy atom. The average Bonchev–Trinajstić information content (AvgIpc) is 2.49. The predicted molar refractivity (Wildman–Crippen MR) is 70.9 cm³/mol. The van der Waals surface area contributed by atoms with Gasteiger partial charge in [0.1, 0.15) is 11.4 Å². The maximum atomic E-state index is 12.3. The highest BCUT2D eigenvalue weighted by molar-refractivity contribution is 6.03. The van der Waals surface area contributed by atoms with Gasteiger partial charge in [-0.2, -0.15) is 8.78 Å². The summed E-state index contributed by atoms with van der Waals surface area (Å²) >= 11 is 0. The molecule has 1 aromatic heterocycles. The number of rotatable bonds is 5. The lowest BCUT2D eigenvalue weighted by Crippen LogP contribution is -2.16. The summed E-state index contributed by atoms with van der Waals surface area (Å²) < 4.78 is 28.8. The smallest absolute Gasteiger partial charge is 0.387 e. The Hall–Kier alpha value is -2.81. The third-order valence-electron chi connectivity index (χ3n) is 2.38. The van der Waals surface area contributed by atoms with E-state index in [-0.39, 0.29) is 22.9 Å². The summed E-state index contributed by atoms with van der Waals surface area (Å²) in [4.78, 5) is 19.6. The largest absolute Gasteiger partial charge is 0.433 e. The number of hydrazine groups is 1. The zero-order valence-electron chi connectivity index (χ0n) is 10.6. The van der Waals surface area contributed by atoms with Crippen LogP contribution in [0.5, 0.6) is 5.75 Å². The first-order valence-electron chi connectivity index (χ1n) is 5.74. The van der Waals surface area contributed by atoms with Crippen LogP contribution in [0, 0.1) is 0 Å². The van der Waals surface area contributed by atoms with Crippen molar-refractivity contribution in [1.82, 2.24) is 9.97 Å². The van der Waals surface area contributed by atoms with E-state index in [0.29, 0.717) is 0 Å². The van der Waals surface area contributed by atoms with Crippen LogP contribution in [0.4, 0.5) is 20.3 Å². The quantitative estimate of drug-likeness (QED) is 0.572. The van der Waals surface area contributed by atoms with Gasteiger partial charge in [-0.3, -0.25) is 4.79 Å². The molecule has 21 heavy (non-hydrogen) atoms. The molecule has 0 aliphatic rings. The number of carbonyl (C=O) groups excluding carboxylic acids is 1. The maximum absolute atomic E-state index is 12.3. The Morgan fingerprint density at radius 3 is 2.62 bits per heavy atom. The fourth-order valence-electron chi connectivity index (χ4n) is 1.47. The van der Waals surface area contributed by atoms with E-state index in [1.54, 1.807) is 6.07 Å². The van der Waals surface area contributed by atoms with E-state index >= 15 is 0 Å². The van der Waals surface area contributed by atoms with Crippen LogP contribution in [0.15, 0.2) is 36.7 Å². The third kappa shape index (κ3) is 3.83. The number of alkyl halides is 2. The van der Waals surface area contributed by atoms with Gasteiger partial charge in [-0.1, -0.05) is 12.1 Å². The number of amides is 1. The number of carbonyl (C=O) groups is 1. The molecule has 2 rings (SSSR count). The highest BCUT2D eigenvalue weighted by atomic mass is 19.3. The Kier molecular flexibility index (Phi) is 4.57. The molecule has 110 valence electrons. The van der Waals surface area contributed by atoms with E-state index in [0.717, 1.165) is 0 Å². The SMILES string of the molecule is NNc1cnc(C(=O)Nc2ccccc2OC(F)F)cn1. The summed E-state index contributed by atoms with van der Waals surface area (Å²) in [5.41, 5.74) is 2.37. The number of nitrogen functional groups attached to an aromatic ring is 1. The minimum atomic E-state index is -2.99. The maximum Gasteiger partial charge on any atom is 0.387 e. The molecule has 0 unspecified atom stereocenters. The standard InChI is InChI=1S/C12H11F2N5O2/c13-12(14)21-9-4-2-1-3-7(9)18-11(20)8-5-17-10(19-15)6-16-8/h1-6,12H,15H2,(H,17,19)(H,18,20). The van der Waals surface area contributed by atoms with Crippen LogP contribution in [0.1, 0.15) is 10.5 Å². The molecule has 0 aliphatic heterocycles. The Labute approximate surface area is 118 Å². The zero-order chi connectivity index (χ0) is 15.2. The van der Waals surface area contributed by atoms with Crippen molar-refractivity contribution < 1.29 is 18.3 Å². The second-order valence-corrected chi connectivity index (χ2v) is 3.76. The molecule has 7 nitrogen and oxygen atoms in total. The Balaban J connectivity index is 2.15. The number of nitrogens with zero attached hydrogens (tertiary/aromatic N) is 2. The van der Waals surface area contributed by atoms with Crippen LogP contribution in [-0.4, -0.2) is 22.5 Å². The van der Waals surface area contributed by atoms with E-state index in [4.69, 9.17) is 5.84 Å². The molecular formula is C12H11F2N5O2. The lowest BCUT2D eigenvalue weighted by Gasteiger charge is -2.11. The van der Waals surface area contributed by atoms with Crippen LogP contribution >= 0.6 is 0 Å². The molecule has 0 radical (unpaired) electrons. The molecule has 0 bridgehead atoms. The lowest BCUT2D eigenvalue weighted by atomic mass is 10.3. The lowest BCUT2D eigenvalue weighted by molar-refractivity contribution is -0.0493. The number of anilines is 2. The predicted octanol–water partition coefficient (Wildman–Crippen LogP) is 1.62. The van der Waals surface area contributed by atoms with Gasteiger partial charge in [0, 0.05) is 0 Å². The van der Waals surface area contributed by atoms with Crippen molar-refractivity contribution in [1.29, 1.82) is 0 Å². The number of hydrogen-bond donors (Lipinski definition) is 3. The minimum absolute atomic E-state index is 0.000787. The van der Waals surface area contributed by atoms with E-state index in [2.05, 4.69) is 25.4 Å². The van der Waals surface area contributed by atoms with E-state index in [1.807, 2.05) is 0 Å². The van der Waals surface area contributed by atoms with Crippen molar-refractivity contribution in [2.75, 3.05) is 10.7 Å². The van der Waals surface area contributed by atoms with Gasteiger partial charge in [-0.15, -0.1) is 0 Å². The number of benzene rings is 1. The van der Waals surface area contributed by atoms with Gasteiger partial charge in [0.05, 0.1) is 18.1 Å². The van der Waals surface area contributed by atoms with Gasteiger partial charge in [0.15, 0.2) is 5.82 Å². The Bertz CT molecular complexity index is 621. The molecule has 1 amide bonds. The Morgan fingerprint density at radius 2 is 2.00 bits per heavy atom. The van der Waals surface area contributed by atoms with Crippen molar-refractivity contribution in [3.05, 3.63) is 42.4 Å². The molecule has 2 aromatic rings. The molecule has 0 aliphatic carbocycles. The van der Waals surface area contributed by atoms with Crippen molar-refractivity contribution in [3.8, 4) is 5.75 Å². The number of halogens is 2. The molecule has 0 saturated heterocycles. The molecule has 0 saturated carbocycles. The summed E-state index contributed by atoms with van der Waals surface area (Å²) in [6.07, 6.45) is 2.46. The monoisotopic (exact) mass is 295 g/mol. The first-order valence-corrected chi connectivity index (χ1v) is 5.74. The van der Waals surface area contributed by atoms with Crippen molar-refractivity contribution in [3.63, 3.8) is 0 Å². The van der Waals surface area contributed by atoms with E-state index in [9.17, 15) is 13.6 Å². The highest BCUT2D eigenvalue weighted by Crippen LogP contribution is 2.25. The molecule has 0 atom stereocenters. The number of nitrogens with two attached hydrogens (primary N) is 1. The molecular weight excluding hydrogens is 284 g/mol. The van der Waals surface area contributed by atoms with Crippen LogP contribution in [0.3, 0.4) is 0 Å². The average molecular weight is 295 g/mol. The normalized spacial score (nSPS) is 10.3. The number of para-hydroxylation sites is 2. The van der Waals surface area contributed by atoms with Gasteiger partial charge in [-0.25, -0.2) is 15.8 Å². The van der Waals surface area contributed by atoms with Gasteiger partial charge in [-0.05, 0) is 12.1 Å². The van der Waals surface area contributed by atoms with Crippen LogP contribution in [-0.2, 0) is 0 Å². The zero-order valence-corrected chi connectivity index (χ0v) is 10.6. The number of nitrogens with one attached hydrogen (secondary N) is 2. The van der Waals surface area contributed by atoms with Crippen LogP contribution in [0.2, 0.25) is 0 Å². The topological polar surface area (TPSA) is 102 Å². The van der Waals surface area contributed by atoms with E-state index in [1.165, 1.54) is 30.6 Å². The van der Waals surface area contributed by atoms with Gasteiger partial charge in [0.25, 0.3) is 5.91 Å². The van der Waals surface area contributed by atoms with Crippen molar-refractivity contribution >= 4 is 17.4 Å². The fourth-order valence-corrected chi connectivity index (χ4v) is 1.47. The molecule has 9 heteroatoms. The second-order valence-electron chi connectivity index (χ2n) is 3.76. The summed E-state index contributed by atoms with van der Waals surface area (Å²) in [6, 6.07) is 5.82. The first-order chi connectivity index (χ1) is 10.1. The van der Waals surface area contributed by atoms with Crippen LogP contribution < -0.4 is 21.3 Å². The number of ether oxygens (including phenoxy) is 1. The minimum Gasteiger partial charge on any atom is -0.433 e. The summed E-state index contributed by atoms with van der Waals surface area (Å²) in [6.45, 7) is -2.99. The second kappa shape index (κ2) is 6.57. The number of aromatic nitrogens is 2. The number of hydrogen-bond acceptors (Lipinski definition) is 6. The highest BCUT2D eigenvalue weighted by Gasteiger charge is 2.13. The fraction of sp³-hybridized carbons (Fsp3) is 0.0833.